The Bertz CT molecular complexity index is 695. The minimum absolute atomic E-state index is 0. The fraction of sp³-hybridized carbons (Fsp3) is 0.550. The predicted octanol–water partition coefficient (Wildman–Crippen LogP) is 3.16. The third-order valence-electron chi connectivity index (χ3n) is 4.86. The SMILES string of the molecule is Cl.Cn1ccnc1C1CNCCN1CCOc1cccc(C(C)(C)C)c1. The molecule has 1 fully saturated rings. The number of aromatic nitrogens is 2. The molecule has 1 unspecified atom stereocenters. The molecule has 0 saturated carbocycles. The number of imidazole rings is 1. The van der Waals surface area contributed by atoms with Crippen LogP contribution in [0.2, 0.25) is 0 Å². The molecule has 0 spiro atoms. The van der Waals surface area contributed by atoms with Crippen LogP contribution in [0.25, 0.3) is 0 Å². The highest BCUT2D eigenvalue weighted by atomic mass is 35.5. The normalized spacial score (nSPS) is 18.4. The molecule has 1 atom stereocenters. The van der Waals surface area contributed by atoms with Gasteiger partial charge in [0.1, 0.15) is 18.2 Å². The van der Waals surface area contributed by atoms with Crippen molar-refractivity contribution in [2.24, 2.45) is 7.05 Å². The van der Waals surface area contributed by atoms with Crippen molar-refractivity contribution in [3.63, 3.8) is 0 Å². The van der Waals surface area contributed by atoms with Crippen molar-refractivity contribution in [1.82, 2.24) is 19.8 Å². The molecule has 3 rings (SSSR count). The maximum atomic E-state index is 6.05. The zero-order valence-corrected chi connectivity index (χ0v) is 17.1. The van der Waals surface area contributed by atoms with E-state index in [1.54, 1.807) is 0 Å². The van der Waals surface area contributed by atoms with Gasteiger partial charge in [0.05, 0.1) is 6.04 Å². The Balaban J connectivity index is 0.00000243. The van der Waals surface area contributed by atoms with Gasteiger partial charge in [-0.3, -0.25) is 4.90 Å². The van der Waals surface area contributed by atoms with E-state index in [9.17, 15) is 0 Å². The molecule has 144 valence electrons. The standard InChI is InChI=1S/C20H30N4O.ClH/c1-20(2,3)16-6-5-7-17(14-16)25-13-12-24-11-8-21-15-18(24)19-22-9-10-23(19)4;/h5-7,9-10,14,18,21H,8,11-13,15H2,1-4H3;1H. The van der Waals surface area contributed by atoms with Crippen LogP contribution in [0.15, 0.2) is 36.7 Å². The minimum atomic E-state index is 0. The summed E-state index contributed by atoms with van der Waals surface area (Å²) < 4.78 is 8.16. The lowest BCUT2D eigenvalue weighted by atomic mass is 9.87. The van der Waals surface area contributed by atoms with Gasteiger partial charge >= 0.3 is 0 Å². The van der Waals surface area contributed by atoms with E-state index in [1.807, 2.05) is 18.5 Å². The van der Waals surface area contributed by atoms with E-state index < -0.39 is 0 Å². The summed E-state index contributed by atoms with van der Waals surface area (Å²) in [5.41, 5.74) is 1.44. The number of aryl methyl sites for hydroxylation is 1. The van der Waals surface area contributed by atoms with E-state index in [4.69, 9.17) is 4.74 Å². The second-order valence-corrected chi connectivity index (χ2v) is 7.78. The molecule has 1 aromatic carbocycles. The zero-order chi connectivity index (χ0) is 17.9. The lowest BCUT2D eigenvalue weighted by Crippen LogP contribution is -2.48. The molecule has 1 aliphatic rings. The molecule has 2 aromatic rings. The molecule has 26 heavy (non-hydrogen) atoms. The van der Waals surface area contributed by atoms with Gasteiger partial charge in [-0.1, -0.05) is 32.9 Å². The molecule has 1 N–H and O–H groups in total. The number of hydrogen-bond donors (Lipinski definition) is 1. The van der Waals surface area contributed by atoms with Gasteiger partial charge in [0.2, 0.25) is 0 Å². The zero-order valence-electron chi connectivity index (χ0n) is 16.2. The van der Waals surface area contributed by atoms with Gasteiger partial charge in [0, 0.05) is 45.6 Å². The molecule has 1 aliphatic heterocycles. The lowest BCUT2D eigenvalue weighted by Gasteiger charge is -2.35. The summed E-state index contributed by atoms with van der Waals surface area (Å²) in [5, 5.41) is 3.48. The highest BCUT2D eigenvalue weighted by Crippen LogP contribution is 2.26. The van der Waals surface area contributed by atoms with E-state index >= 15 is 0 Å². The molecule has 1 aromatic heterocycles. The lowest BCUT2D eigenvalue weighted by molar-refractivity contribution is 0.127. The maximum absolute atomic E-state index is 6.05. The molecule has 6 heteroatoms. The van der Waals surface area contributed by atoms with Crippen LogP contribution >= 0.6 is 12.4 Å². The maximum Gasteiger partial charge on any atom is 0.127 e. The summed E-state index contributed by atoms with van der Waals surface area (Å²) in [7, 11) is 2.06. The first-order valence-electron chi connectivity index (χ1n) is 9.10. The van der Waals surface area contributed by atoms with Gasteiger partial charge < -0.3 is 14.6 Å². The number of piperazine rings is 1. The summed E-state index contributed by atoms with van der Waals surface area (Å²) in [6, 6.07) is 8.76. The first-order chi connectivity index (χ1) is 11.9. The topological polar surface area (TPSA) is 42.3 Å². The van der Waals surface area contributed by atoms with Crippen LogP contribution in [-0.4, -0.2) is 47.2 Å². The molecule has 1 saturated heterocycles. The van der Waals surface area contributed by atoms with Gasteiger partial charge in [-0.2, -0.15) is 0 Å². The molecule has 0 aliphatic carbocycles. The van der Waals surface area contributed by atoms with Gasteiger partial charge in [0.25, 0.3) is 0 Å². The Morgan fingerprint density at radius 3 is 2.81 bits per heavy atom. The van der Waals surface area contributed by atoms with Crippen molar-refractivity contribution in [3.8, 4) is 5.75 Å². The van der Waals surface area contributed by atoms with Crippen molar-refractivity contribution in [2.75, 3.05) is 32.8 Å². The summed E-state index contributed by atoms with van der Waals surface area (Å²) in [5.74, 6) is 2.07. The molecular formula is C20H31ClN4O. The monoisotopic (exact) mass is 378 g/mol. The van der Waals surface area contributed by atoms with Crippen LogP contribution in [0.4, 0.5) is 0 Å². The summed E-state index contributed by atoms with van der Waals surface area (Å²) in [6.07, 6.45) is 3.88. The van der Waals surface area contributed by atoms with Crippen molar-refractivity contribution in [1.29, 1.82) is 0 Å². The average Bonchev–Trinajstić information content (AvgIpc) is 3.01. The summed E-state index contributed by atoms with van der Waals surface area (Å²) in [6.45, 7) is 11.2. The fourth-order valence-electron chi connectivity index (χ4n) is 3.30. The van der Waals surface area contributed by atoms with E-state index in [-0.39, 0.29) is 17.8 Å². The van der Waals surface area contributed by atoms with Crippen LogP contribution in [0.3, 0.4) is 0 Å². The third kappa shape index (κ3) is 5.00. The Morgan fingerprint density at radius 2 is 2.12 bits per heavy atom. The Kier molecular flexibility index (Phi) is 7.09. The van der Waals surface area contributed by atoms with Crippen LogP contribution < -0.4 is 10.1 Å². The smallest absolute Gasteiger partial charge is 0.127 e. The molecule has 0 amide bonds. The van der Waals surface area contributed by atoms with Crippen LogP contribution in [-0.2, 0) is 12.5 Å². The minimum Gasteiger partial charge on any atom is -0.492 e. The number of benzene rings is 1. The van der Waals surface area contributed by atoms with Crippen LogP contribution in [0.1, 0.15) is 38.2 Å². The molecular weight excluding hydrogens is 348 g/mol. The Morgan fingerprint density at radius 1 is 1.31 bits per heavy atom. The molecule has 0 bridgehead atoms. The van der Waals surface area contributed by atoms with Crippen molar-refractivity contribution < 1.29 is 4.74 Å². The van der Waals surface area contributed by atoms with Crippen LogP contribution in [0.5, 0.6) is 5.75 Å². The Labute approximate surface area is 163 Å². The van der Waals surface area contributed by atoms with E-state index in [0.717, 1.165) is 37.8 Å². The van der Waals surface area contributed by atoms with E-state index in [1.165, 1.54) is 5.56 Å². The third-order valence-corrected chi connectivity index (χ3v) is 4.86. The average molecular weight is 379 g/mol. The quantitative estimate of drug-likeness (QED) is 0.867. The van der Waals surface area contributed by atoms with E-state index in [0.29, 0.717) is 12.6 Å². The van der Waals surface area contributed by atoms with Gasteiger partial charge in [-0.15, -0.1) is 12.4 Å². The van der Waals surface area contributed by atoms with Crippen molar-refractivity contribution in [2.45, 2.75) is 32.2 Å². The predicted molar refractivity (Wildman–Crippen MR) is 108 cm³/mol. The molecule has 0 radical (unpaired) electrons. The van der Waals surface area contributed by atoms with Crippen molar-refractivity contribution in [3.05, 3.63) is 48.0 Å². The fourth-order valence-corrected chi connectivity index (χ4v) is 3.30. The highest BCUT2D eigenvalue weighted by Gasteiger charge is 2.26. The number of nitrogens with zero attached hydrogens (tertiary/aromatic N) is 3. The van der Waals surface area contributed by atoms with Gasteiger partial charge in [-0.25, -0.2) is 4.98 Å². The van der Waals surface area contributed by atoms with Crippen LogP contribution in [0, 0.1) is 0 Å². The molecule has 2 heterocycles. The summed E-state index contributed by atoms with van der Waals surface area (Å²) in [4.78, 5) is 7.00. The Hall–Kier alpha value is -1.56. The first kappa shape index (κ1) is 20.7. The van der Waals surface area contributed by atoms with Gasteiger partial charge in [0.15, 0.2) is 0 Å². The summed E-state index contributed by atoms with van der Waals surface area (Å²) >= 11 is 0. The number of hydrogen-bond acceptors (Lipinski definition) is 4. The highest BCUT2D eigenvalue weighted by molar-refractivity contribution is 5.85. The number of halogens is 1. The second kappa shape index (κ2) is 8.89. The molecule has 5 nitrogen and oxygen atoms in total. The largest absolute Gasteiger partial charge is 0.492 e. The van der Waals surface area contributed by atoms with Gasteiger partial charge in [-0.05, 0) is 23.1 Å². The number of nitrogens with one attached hydrogen (secondary N) is 1. The number of rotatable bonds is 5. The van der Waals surface area contributed by atoms with Crippen molar-refractivity contribution >= 4 is 12.4 Å². The first-order valence-corrected chi connectivity index (χ1v) is 9.10. The number of ether oxygens (including phenoxy) is 1. The van der Waals surface area contributed by atoms with E-state index in [2.05, 4.69) is 65.8 Å². The second-order valence-electron chi connectivity index (χ2n) is 7.78.